The van der Waals surface area contributed by atoms with Crippen molar-refractivity contribution >= 4 is 16.0 Å². The van der Waals surface area contributed by atoms with E-state index in [0.717, 1.165) is 24.0 Å². The van der Waals surface area contributed by atoms with Crippen LogP contribution >= 0.6 is 0 Å². The maximum atomic E-state index is 13.4. The minimum Gasteiger partial charge on any atom is -0.466 e. The Bertz CT molecular complexity index is 1000. The first-order valence-corrected chi connectivity index (χ1v) is 12.2. The van der Waals surface area contributed by atoms with Crippen molar-refractivity contribution in [3.8, 4) is 0 Å². The van der Waals surface area contributed by atoms with Crippen LogP contribution in [0.2, 0.25) is 0 Å². The molecule has 1 spiro atoms. The first-order valence-electron chi connectivity index (χ1n) is 10.8. The minimum absolute atomic E-state index is 0.0812. The predicted octanol–water partition coefficient (Wildman–Crippen LogP) is 4.10. The number of rotatable bonds is 5. The molecule has 0 N–H and O–H groups in total. The summed E-state index contributed by atoms with van der Waals surface area (Å²) in [5, 5.41) is 0. The molecule has 162 valence electrons. The lowest BCUT2D eigenvalue weighted by atomic mass is 9.58. The lowest BCUT2D eigenvalue weighted by Gasteiger charge is -2.44. The Hall–Kier alpha value is -1.92. The van der Waals surface area contributed by atoms with Crippen LogP contribution in [0.3, 0.4) is 0 Å². The number of ether oxygens (including phenoxy) is 1. The molecule has 2 fully saturated rings. The first-order chi connectivity index (χ1) is 14.2. The summed E-state index contributed by atoms with van der Waals surface area (Å²) in [7, 11) is -3.60. The van der Waals surface area contributed by atoms with Crippen LogP contribution in [0.15, 0.2) is 53.0 Å². The van der Waals surface area contributed by atoms with Crippen molar-refractivity contribution in [2.75, 3.05) is 19.7 Å². The van der Waals surface area contributed by atoms with Gasteiger partial charge in [-0.05, 0) is 45.7 Å². The number of allylic oxidation sites excluding steroid dienone is 3. The monoisotopic (exact) mass is 429 g/mol. The minimum atomic E-state index is -3.60. The van der Waals surface area contributed by atoms with Crippen molar-refractivity contribution in [3.63, 3.8) is 0 Å². The van der Waals surface area contributed by atoms with Gasteiger partial charge >= 0.3 is 5.97 Å². The largest absolute Gasteiger partial charge is 0.466 e. The smallest absolute Gasteiger partial charge is 0.310 e. The lowest BCUT2D eigenvalue weighted by Crippen LogP contribution is -2.46. The molecule has 3 unspecified atom stereocenters. The van der Waals surface area contributed by atoms with Gasteiger partial charge in [-0.25, -0.2) is 8.42 Å². The molecule has 1 aliphatic heterocycles. The molecule has 30 heavy (non-hydrogen) atoms. The summed E-state index contributed by atoms with van der Waals surface area (Å²) in [6.07, 6.45) is 8.21. The van der Waals surface area contributed by atoms with E-state index in [4.69, 9.17) is 4.74 Å². The number of carbonyl (C=O) groups excluding carboxylic acids is 1. The van der Waals surface area contributed by atoms with Gasteiger partial charge in [0.2, 0.25) is 10.0 Å². The number of fused-ring (bicyclic) bond motifs is 1. The SMILES string of the molecule is C/C=C/C1C(C(=O)OCC)C2(C=C3CN(S(=O)(=O)c4ccc(C)cc4)CC31C)CC2. The van der Waals surface area contributed by atoms with Gasteiger partial charge in [-0.15, -0.1) is 0 Å². The summed E-state index contributed by atoms with van der Waals surface area (Å²) < 4.78 is 33.8. The molecule has 1 aromatic rings. The number of nitrogens with zero attached hydrogens (tertiary/aromatic N) is 1. The summed E-state index contributed by atoms with van der Waals surface area (Å²) in [6.45, 7) is 8.95. The molecule has 1 saturated carbocycles. The van der Waals surface area contributed by atoms with Gasteiger partial charge in [0, 0.05) is 29.8 Å². The van der Waals surface area contributed by atoms with Crippen LogP contribution in [0.25, 0.3) is 0 Å². The zero-order valence-corrected chi connectivity index (χ0v) is 19.0. The molecule has 1 saturated heterocycles. The molecule has 4 rings (SSSR count). The number of hydrogen-bond donors (Lipinski definition) is 0. The van der Waals surface area contributed by atoms with Gasteiger partial charge in [0.05, 0.1) is 17.4 Å². The van der Waals surface area contributed by atoms with Crippen molar-refractivity contribution in [1.82, 2.24) is 4.31 Å². The molecule has 0 radical (unpaired) electrons. The van der Waals surface area contributed by atoms with Gasteiger partial charge in [-0.2, -0.15) is 4.31 Å². The maximum absolute atomic E-state index is 13.4. The number of benzene rings is 1. The highest BCUT2D eigenvalue weighted by Gasteiger charge is 2.63. The summed E-state index contributed by atoms with van der Waals surface area (Å²) in [5.41, 5.74) is 1.56. The summed E-state index contributed by atoms with van der Waals surface area (Å²) in [6, 6.07) is 7.01. The van der Waals surface area contributed by atoms with Gasteiger partial charge in [-0.1, -0.05) is 48.4 Å². The summed E-state index contributed by atoms with van der Waals surface area (Å²) in [4.78, 5) is 13.3. The zero-order valence-electron chi connectivity index (χ0n) is 18.2. The van der Waals surface area contributed by atoms with Crippen molar-refractivity contribution in [2.45, 2.75) is 45.4 Å². The summed E-state index contributed by atoms with van der Waals surface area (Å²) >= 11 is 0. The zero-order chi connectivity index (χ0) is 21.7. The third-order valence-corrected chi connectivity index (χ3v) is 8.99. The van der Waals surface area contributed by atoms with Gasteiger partial charge in [0.1, 0.15) is 0 Å². The Morgan fingerprint density at radius 3 is 2.50 bits per heavy atom. The fraction of sp³-hybridized carbons (Fsp3) is 0.542. The second kappa shape index (κ2) is 7.34. The van der Waals surface area contributed by atoms with Gasteiger partial charge in [0.15, 0.2) is 0 Å². The first kappa shape index (κ1) is 21.3. The van der Waals surface area contributed by atoms with Crippen LogP contribution in [0, 0.1) is 29.6 Å². The van der Waals surface area contributed by atoms with E-state index in [-0.39, 0.29) is 23.2 Å². The fourth-order valence-electron chi connectivity index (χ4n) is 5.36. The van der Waals surface area contributed by atoms with Crippen LogP contribution < -0.4 is 0 Å². The van der Waals surface area contributed by atoms with E-state index in [1.54, 1.807) is 16.4 Å². The molecular weight excluding hydrogens is 398 g/mol. The second-order valence-corrected chi connectivity index (χ2v) is 11.1. The van der Waals surface area contributed by atoms with Crippen LogP contribution in [0.5, 0.6) is 0 Å². The second-order valence-electron chi connectivity index (χ2n) is 9.19. The van der Waals surface area contributed by atoms with Crippen LogP contribution in [-0.4, -0.2) is 38.4 Å². The van der Waals surface area contributed by atoms with E-state index in [1.165, 1.54) is 0 Å². The topological polar surface area (TPSA) is 63.7 Å². The molecule has 3 aliphatic rings. The van der Waals surface area contributed by atoms with Crippen molar-refractivity contribution in [3.05, 3.63) is 53.6 Å². The molecular formula is C24H31NO4S. The Morgan fingerprint density at radius 2 is 1.93 bits per heavy atom. The average Bonchev–Trinajstić information content (AvgIpc) is 3.36. The molecule has 1 aromatic carbocycles. The molecule has 0 bridgehead atoms. The van der Waals surface area contributed by atoms with E-state index in [0.29, 0.717) is 24.6 Å². The number of esters is 1. The van der Waals surface area contributed by atoms with E-state index in [9.17, 15) is 13.2 Å². The van der Waals surface area contributed by atoms with E-state index >= 15 is 0 Å². The Morgan fingerprint density at radius 1 is 1.27 bits per heavy atom. The number of aryl methyl sites for hydroxylation is 1. The maximum Gasteiger partial charge on any atom is 0.310 e. The normalized spacial score (nSPS) is 30.3. The molecule has 0 aromatic heterocycles. The van der Waals surface area contributed by atoms with Crippen LogP contribution in [0.1, 0.15) is 39.2 Å². The molecule has 5 nitrogen and oxygen atoms in total. The molecule has 2 aliphatic carbocycles. The highest BCUT2D eigenvalue weighted by molar-refractivity contribution is 7.89. The Labute approximate surface area is 179 Å². The van der Waals surface area contributed by atoms with Crippen molar-refractivity contribution < 1.29 is 17.9 Å². The highest BCUT2D eigenvalue weighted by Crippen LogP contribution is 2.65. The standard InChI is InChI=1S/C24H31NO4S/c1-5-7-20-21(22(26)29-6-2)24(12-13-24)14-18-15-25(16-23(18,20)4)30(27,28)19-10-8-17(3)9-11-19/h5,7-11,14,20-21H,6,12-13,15-16H2,1-4H3/b7-5+. The van der Waals surface area contributed by atoms with Crippen molar-refractivity contribution in [1.29, 1.82) is 0 Å². The van der Waals surface area contributed by atoms with E-state index in [1.807, 2.05) is 39.0 Å². The van der Waals surface area contributed by atoms with Gasteiger partial charge in [0.25, 0.3) is 0 Å². The van der Waals surface area contributed by atoms with Crippen LogP contribution in [-0.2, 0) is 19.6 Å². The fourth-order valence-corrected chi connectivity index (χ4v) is 6.89. The highest BCUT2D eigenvalue weighted by atomic mass is 32.2. The van der Waals surface area contributed by atoms with Crippen molar-refractivity contribution in [2.24, 2.45) is 22.7 Å². The number of hydrogen-bond acceptors (Lipinski definition) is 4. The number of carbonyl (C=O) groups is 1. The molecule has 1 heterocycles. The van der Waals surface area contributed by atoms with Gasteiger partial charge < -0.3 is 4.74 Å². The quantitative estimate of drug-likeness (QED) is 0.522. The summed E-state index contributed by atoms with van der Waals surface area (Å²) in [5.74, 6) is -0.499. The third kappa shape index (κ3) is 3.25. The lowest BCUT2D eigenvalue weighted by molar-refractivity contribution is -0.153. The number of sulfonamides is 1. The Kier molecular flexibility index (Phi) is 5.22. The Balaban J connectivity index is 1.74. The van der Waals surface area contributed by atoms with E-state index < -0.39 is 15.4 Å². The van der Waals surface area contributed by atoms with E-state index in [2.05, 4.69) is 19.1 Å². The molecule has 3 atom stereocenters. The van der Waals surface area contributed by atoms with Crippen LogP contribution in [0.4, 0.5) is 0 Å². The third-order valence-electron chi connectivity index (χ3n) is 7.19. The average molecular weight is 430 g/mol. The van der Waals surface area contributed by atoms with Gasteiger partial charge in [-0.3, -0.25) is 4.79 Å². The predicted molar refractivity (Wildman–Crippen MR) is 116 cm³/mol. The molecule has 6 heteroatoms. The molecule has 0 amide bonds.